The number of hydrogen-bond acceptors (Lipinski definition) is 4. The van der Waals surface area contributed by atoms with E-state index in [0.717, 1.165) is 66.6 Å². The van der Waals surface area contributed by atoms with Crippen LogP contribution in [0.4, 0.5) is 0 Å². The van der Waals surface area contributed by atoms with Crippen LogP contribution in [0.1, 0.15) is 28.0 Å². The molecule has 5 rings (SSSR count). The maximum atomic E-state index is 12.9. The van der Waals surface area contributed by atoms with E-state index in [1.807, 2.05) is 35.4 Å². The first kappa shape index (κ1) is 18.1. The number of nitrogens with zero attached hydrogens (tertiary/aromatic N) is 4. The van der Waals surface area contributed by atoms with Gasteiger partial charge in [-0.1, -0.05) is 18.2 Å². The van der Waals surface area contributed by atoms with E-state index < -0.39 is 0 Å². The number of benzene rings is 1. The number of H-pyrrole nitrogens is 1. The lowest BCUT2D eigenvalue weighted by molar-refractivity contribution is 0.0633. The van der Waals surface area contributed by atoms with Crippen molar-refractivity contribution in [2.24, 2.45) is 0 Å². The molecule has 7 nitrogen and oxygen atoms in total. The monoisotopic (exact) mass is 391 g/mol. The third kappa shape index (κ3) is 3.46. The molecule has 0 unspecified atom stereocenters. The molecule has 3 heterocycles. The summed E-state index contributed by atoms with van der Waals surface area (Å²) in [7, 11) is 0. The van der Waals surface area contributed by atoms with Gasteiger partial charge in [-0.3, -0.25) is 14.5 Å². The van der Waals surface area contributed by atoms with Gasteiger partial charge in [-0.25, -0.2) is 4.68 Å². The van der Waals surface area contributed by atoms with Gasteiger partial charge in [0.2, 0.25) is 0 Å². The fourth-order valence-corrected chi connectivity index (χ4v) is 4.43. The molecular formula is C22H25N5O2. The van der Waals surface area contributed by atoms with E-state index in [2.05, 4.69) is 15.0 Å². The Balaban J connectivity index is 1.19. The fourth-order valence-electron chi connectivity index (χ4n) is 4.43. The van der Waals surface area contributed by atoms with Crippen molar-refractivity contribution in [3.05, 3.63) is 63.7 Å². The molecule has 1 amide bonds. The first-order valence-electron chi connectivity index (χ1n) is 10.4. The number of aromatic nitrogens is 3. The standard InChI is InChI=1S/C22H25N5O2/c28-21-14-16-4-3-7-19(16)24-27(21)13-10-25-8-11-26(12-9-25)22(29)18-15-23-20-6-2-1-5-17(18)20/h1-2,5-6,14-15,23H,3-4,7-13H2. The number of aromatic amines is 1. The quantitative estimate of drug-likeness (QED) is 0.734. The lowest BCUT2D eigenvalue weighted by Gasteiger charge is -2.34. The molecule has 3 aromatic rings. The number of para-hydroxylation sites is 1. The highest BCUT2D eigenvalue weighted by molar-refractivity contribution is 6.06. The van der Waals surface area contributed by atoms with E-state index in [1.165, 1.54) is 0 Å². The molecular weight excluding hydrogens is 366 g/mol. The Bertz CT molecular complexity index is 1110. The third-order valence-electron chi connectivity index (χ3n) is 6.13. The van der Waals surface area contributed by atoms with Gasteiger partial charge in [0.25, 0.3) is 11.5 Å². The Hall–Kier alpha value is -2.93. The van der Waals surface area contributed by atoms with Crippen LogP contribution in [0.25, 0.3) is 10.9 Å². The number of carbonyl (C=O) groups is 1. The van der Waals surface area contributed by atoms with E-state index in [1.54, 1.807) is 10.7 Å². The fraction of sp³-hybridized carbons (Fsp3) is 0.409. The van der Waals surface area contributed by atoms with Crippen molar-refractivity contribution < 1.29 is 4.79 Å². The molecule has 1 N–H and O–H groups in total. The van der Waals surface area contributed by atoms with Crippen molar-refractivity contribution in [2.75, 3.05) is 32.7 Å². The Kier molecular flexibility index (Phi) is 4.67. The number of aryl methyl sites for hydroxylation is 2. The molecule has 2 aliphatic rings. The van der Waals surface area contributed by atoms with E-state index >= 15 is 0 Å². The third-order valence-corrected chi connectivity index (χ3v) is 6.13. The summed E-state index contributed by atoms with van der Waals surface area (Å²) in [5.41, 5.74) is 3.93. The van der Waals surface area contributed by atoms with Gasteiger partial charge in [-0.15, -0.1) is 0 Å². The number of carbonyl (C=O) groups excluding carboxylic acids is 1. The molecule has 150 valence electrons. The van der Waals surface area contributed by atoms with Gasteiger partial charge in [-0.05, 0) is 30.9 Å². The van der Waals surface area contributed by atoms with Gasteiger partial charge in [0, 0.05) is 55.9 Å². The van der Waals surface area contributed by atoms with Gasteiger partial charge in [-0.2, -0.15) is 5.10 Å². The molecule has 0 saturated carbocycles. The van der Waals surface area contributed by atoms with Gasteiger partial charge in [0.15, 0.2) is 0 Å². The van der Waals surface area contributed by atoms with Gasteiger partial charge in [0.1, 0.15) is 0 Å². The molecule has 1 aliphatic carbocycles. The summed E-state index contributed by atoms with van der Waals surface area (Å²) in [6, 6.07) is 9.65. The Morgan fingerprint density at radius 1 is 1.07 bits per heavy atom. The highest BCUT2D eigenvalue weighted by Gasteiger charge is 2.24. The van der Waals surface area contributed by atoms with E-state index in [-0.39, 0.29) is 11.5 Å². The van der Waals surface area contributed by atoms with Crippen LogP contribution in [0.2, 0.25) is 0 Å². The zero-order valence-electron chi connectivity index (χ0n) is 16.4. The summed E-state index contributed by atoms with van der Waals surface area (Å²) in [4.78, 5) is 32.6. The SMILES string of the molecule is O=C(c1c[nH]c2ccccc12)N1CCN(CCn2nc3c(cc2=O)CCC3)CC1. The van der Waals surface area contributed by atoms with Crippen molar-refractivity contribution in [3.8, 4) is 0 Å². The molecule has 29 heavy (non-hydrogen) atoms. The molecule has 0 bridgehead atoms. The van der Waals surface area contributed by atoms with Crippen LogP contribution < -0.4 is 5.56 Å². The lowest BCUT2D eigenvalue weighted by Crippen LogP contribution is -2.49. The molecule has 7 heteroatoms. The van der Waals surface area contributed by atoms with Crippen LogP contribution in [0.3, 0.4) is 0 Å². The van der Waals surface area contributed by atoms with Crippen molar-refractivity contribution in [2.45, 2.75) is 25.8 Å². The van der Waals surface area contributed by atoms with Crippen LogP contribution >= 0.6 is 0 Å². The first-order chi connectivity index (χ1) is 14.2. The van der Waals surface area contributed by atoms with Gasteiger partial charge < -0.3 is 9.88 Å². The normalized spacial score (nSPS) is 17.0. The van der Waals surface area contributed by atoms with Crippen molar-refractivity contribution in [3.63, 3.8) is 0 Å². The van der Waals surface area contributed by atoms with Crippen molar-refractivity contribution >= 4 is 16.8 Å². The van der Waals surface area contributed by atoms with Crippen LogP contribution in [-0.2, 0) is 19.4 Å². The van der Waals surface area contributed by atoms with Crippen molar-refractivity contribution in [1.82, 2.24) is 24.6 Å². The lowest BCUT2D eigenvalue weighted by atomic mass is 10.1. The van der Waals surface area contributed by atoms with Crippen molar-refractivity contribution in [1.29, 1.82) is 0 Å². The zero-order chi connectivity index (χ0) is 19.8. The van der Waals surface area contributed by atoms with Gasteiger partial charge in [0.05, 0.1) is 17.8 Å². The largest absolute Gasteiger partial charge is 0.360 e. The minimum Gasteiger partial charge on any atom is -0.360 e. The number of nitrogens with one attached hydrogen (secondary N) is 1. The molecule has 1 aliphatic heterocycles. The average molecular weight is 391 g/mol. The maximum absolute atomic E-state index is 12.9. The predicted molar refractivity (Wildman–Crippen MR) is 111 cm³/mol. The maximum Gasteiger partial charge on any atom is 0.267 e. The second-order valence-corrected chi connectivity index (χ2v) is 7.91. The highest BCUT2D eigenvalue weighted by atomic mass is 16.2. The molecule has 0 radical (unpaired) electrons. The molecule has 1 aromatic carbocycles. The van der Waals surface area contributed by atoms with Crippen LogP contribution in [-0.4, -0.2) is 63.2 Å². The molecule has 0 atom stereocenters. The summed E-state index contributed by atoms with van der Waals surface area (Å²) in [6.07, 6.45) is 4.86. The van der Waals surface area contributed by atoms with Gasteiger partial charge >= 0.3 is 0 Å². The summed E-state index contributed by atoms with van der Waals surface area (Å²) < 4.78 is 1.60. The predicted octanol–water partition coefficient (Wildman–Crippen LogP) is 1.67. The number of fused-ring (bicyclic) bond motifs is 2. The van der Waals surface area contributed by atoms with E-state index in [0.29, 0.717) is 19.6 Å². The van der Waals surface area contributed by atoms with Crippen LogP contribution in [0.5, 0.6) is 0 Å². The number of piperazine rings is 1. The second-order valence-electron chi connectivity index (χ2n) is 7.91. The number of amides is 1. The average Bonchev–Trinajstić information content (AvgIpc) is 3.38. The number of hydrogen-bond donors (Lipinski definition) is 1. The van der Waals surface area contributed by atoms with E-state index in [4.69, 9.17) is 0 Å². The minimum absolute atomic E-state index is 0.00111. The summed E-state index contributed by atoms with van der Waals surface area (Å²) >= 11 is 0. The molecule has 2 aromatic heterocycles. The van der Waals surface area contributed by atoms with E-state index in [9.17, 15) is 9.59 Å². The number of rotatable bonds is 4. The second kappa shape index (κ2) is 7.48. The highest BCUT2D eigenvalue weighted by Crippen LogP contribution is 2.20. The Morgan fingerprint density at radius 2 is 1.90 bits per heavy atom. The summed E-state index contributed by atoms with van der Waals surface area (Å²) in [5, 5.41) is 5.53. The zero-order valence-corrected chi connectivity index (χ0v) is 16.4. The van der Waals surface area contributed by atoms with Crippen LogP contribution in [0.15, 0.2) is 41.3 Å². The molecule has 1 saturated heterocycles. The summed E-state index contributed by atoms with van der Waals surface area (Å²) in [6.45, 7) is 4.40. The smallest absolute Gasteiger partial charge is 0.267 e. The first-order valence-corrected chi connectivity index (χ1v) is 10.4. The van der Waals surface area contributed by atoms with Crippen LogP contribution in [0, 0.1) is 0 Å². The topological polar surface area (TPSA) is 74.2 Å². The Morgan fingerprint density at radius 3 is 2.76 bits per heavy atom. The minimum atomic E-state index is -0.00111. The Labute approximate surface area is 168 Å². The summed E-state index contributed by atoms with van der Waals surface area (Å²) in [5.74, 6) is 0.0820. The molecule has 0 spiro atoms. The molecule has 1 fully saturated rings.